The molecule has 10 heteroatoms. The maximum atomic E-state index is 12.4. The number of fused-ring (bicyclic) bond motifs is 2. The largest absolute Gasteiger partial charge is 0.389 e. The minimum absolute atomic E-state index is 0.197. The Bertz CT molecular complexity index is 1260. The molecule has 1 amide bonds. The number of halogens is 1. The van der Waals surface area contributed by atoms with Gasteiger partial charge in [-0.15, -0.1) is 11.3 Å². The van der Waals surface area contributed by atoms with Crippen molar-refractivity contribution >= 4 is 45.7 Å². The van der Waals surface area contributed by atoms with Crippen LogP contribution in [0.1, 0.15) is 23.0 Å². The van der Waals surface area contributed by atoms with Crippen molar-refractivity contribution in [3.63, 3.8) is 0 Å². The summed E-state index contributed by atoms with van der Waals surface area (Å²) in [4.78, 5) is 22.4. The van der Waals surface area contributed by atoms with Gasteiger partial charge < -0.3 is 25.4 Å². The molecule has 2 saturated carbocycles. The van der Waals surface area contributed by atoms with Crippen molar-refractivity contribution in [3.05, 3.63) is 39.4 Å². The molecule has 2 aliphatic rings. The SMILES string of the molecule is CNC(=O)C12C[C@@H]1[C@@H](n1cnc3c(NC)cc(C#Cc4ccc(Cl)s4)nc31)[C@H](O)[C@@H]2O. The van der Waals surface area contributed by atoms with Crippen LogP contribution in [-0.2, 0) is 4.79 Å². The molecule has 3 heterocycles. The highest BCUT2D eigenvalue weighted by Crippen LogP contribution is 2.67. The molecule has 5 rings (SSSR count). The van der Waals surface area contributed by atoms with Crippen molar-refractivity contribution in [1.82, 2.24) is 19.9 Å². The van der Waals surface area contributed by atoms with Crippen molar-refractivity contribution in [3.8, 4) is 11.8 Å². The Labute approximate surface area is 187 Å². The molecule has 3 aromatic heterocycles. The quantitative estimate of drug-likeness (QED) is 0.445. The molecule has 0 bridgehead atoms. The van der Waals surface area contributed by atoms with E-state index in [-0.39, 0.29) is 11.8 Å². The van der Waals surface area contributed by atoms with Gasteiger partial charge in [-0.1, -0.05) is 11.6 Å². The lowest BCUT2D eigenvalue weighted by atomic mass is 9.98. The molecule has 2 aliphatic carbocycles. The molecule has 160 valence electrons. The van der Waals surface area contributed by atoms with Crippen LogP contribution in [0.5, 0.6) is 0 Å². The van der Waals surface area contributed by atoms with E-state index < -0.39 is 23.7 Å². The Balaban J connectivity index is 1.58. The number of nitrogens with zero attached hydrogens (tertiary/aromatic N) is 3. The zero-order valence-electron chi connectivity index (χ0n) is 16.8. The van der Waals surface area contributed by atoms with Crippen LogP contribution in [0.4, 0.5) is 5.69 Å². The highest BCUT2D eigenvalue weighted by Gasteiger charge is 2.75. The molecule has 2 fully saturated rings. The summed E-state index contributed by atoms with van der Waals surface area (Å²) < 4.78 is 2.43. The summed E-state index contributed by atoms with van der Waals surface area (Å²) in [5.41, 5.74) is 1.49. The zero-order chi connectivity index (χ0) is 21.9. The second kappa shape index (κ2) is 7.21. The molecule has 1 unspecified atom stereocenters. The van der Waals surface area contributed by atoms with E-state index in [1.807, 2.05) is 12.1 Å². The van der Waals surface area contributed by atoms with Gasteiger partial charge in [-0.2, -0.15) is 0 Å². The van der Waals surface area contributed by atoms with Crippen LogP contribution in [0.2, 0.25) is 4.34 Å². The number of rotatable bonds is 3. The van der Waals surface area contributed by atoms with Gasteiger partial charge >= 0.3 is 0 Å². The first-order valence-corrected chi connectivity index (χ1v) is 11.0. The summed E-state index contributed by atoms with van der Waals surface area (Å²) in [5, 5.41) is 27.2. The molecule has 0 spiro atoms. The topological polar surface area (TPSA) is 112 Å². The van der Waals surface area contributed by atoms with E-state index in [0.29, 0.717) is 27.6 Å². The second-order valence-electron chi connectivity index (χ2n) is 7.84. The number of amides is 1. The normalized spacial score (nSPS) is 28.7. The van der Waals surface area contributed by atoms with Gasteiger partial charge in [0, 0.05) is 20.0 Å². The molecule has 3 aromatic rings. The van der Waals surface area contributed by atoms with Crippen LogP contribution in [0, 0.1) is 23.2 Å². The lowest BCUT2D eigenvalue weighted by Gasteiger charge is -2.23. The van der Waals surface area contributed by atoms with Gasteiger partial charge in [0.2, 0.25) is 5.91 Å². The summed E-state index contributed by atoms with van der Waals surface area (Å²) in [6, 6.07) is 4.95. The number of pyridine rings is 1. The van der Waals surface area contributed by atoms with Gasteiger partial charge in [0.25, 0.3) is 0 Å². The van der Waals surface area contributed by atoms with Crippen molar-refractivity contribution in [1.29, 1.82) is 0 Å². The third-order valence-electron chi connectivity index (χ3n) is 6.33. The van der Waals surface area contributed by atoms with Gasteiger partial charge in [0.1, 0.15) is 17.3 Å². The molecule has 0 aromatic carbocycles. The van der Waals surface area contributed by atoms with Crippen LogP contribution in [0.25, 0.3) is 11.2 Å². The van der Waals surface area contributed by atoms with E-state index in [2.05, 4.69) is 32.4 Å². The molecule has 0 aliphatic heterocycles. The second-order valence-corrected chi connectivity index (χ2v) is 9.55. The van der Waals surface area contributed by atoms with Gasteiger partial charge in [0.15, 0.2) is 5.65 Å². The minimum Gasteiger partial charge on any atom is -0.389 e. The van der Waals surface area contributed by atoms with Crippen LogP contribution in [-0.4, -0.2) is 57.0 Å². The van der Waals surface area contributed by atoms with E-state index in [1.54, 1.807) is 24.0 Å². The van der Waals surface area contributed by atoms with E-state index in [1.165, 1.54) is 18.4 Å². The van der Waals surface area contributed by atoms with Crippen molar-refractivity contribution in [2.45, 2.75) is 24.7 Å². The van der Waals surface area contributed by atoms with E-state index in [0.717, 1.165) is 10.6 Å². The maximum Gasteiger partial charge on any atom is 0.229 e. The minimum atomic E-state index is -1.14. The average Bonchev–Trinajstić information content (AvgIpc) is 3.02. The number of aliphatic hydroxyl groups is 2. The summed E-state index contributed by atoms with van der Waals surface area (Å²) in [7, 11) is 3.33. The highest BCUT2D eigenvalue weighted by molar-refractivity contribution is 7.16. The van der Waals surface area contributed by atoms with Crippen molar-refractivity contribution in [2.75, 3.05) is 19.4 Å². The maximum absolute atomic E-state index is 12.4. The first-order chi connectivity index (χ1) is 14.9. The molecule has 8 nitrogen and oxygen atoms in total. The molecule has 31 heavy (non-hydrogen) atoms. The number of hydrogen-bond acceptors (Lipinski definition) is 7. The Kier molecular flexibility index (Phi) is 4.71. The molecule has 0 saturated heterocycles. The number of hydrogen-bond donors (Lipinski definition) is 4. The first kappa shape index (κ1) is 20.3. The van der Waals surface area contributed by atoms with E-state index >= 15 is 0 Å². The number of imidazole rings is 1. The van der Waals surface area contributed by atoms with Gasteiger partial charge in [-0.3, -0.25) is 4.79 Å². The molecule has 0 radical (unpaired) electrons. The third kappa shape index (κ3) is 2.94. The average molecular weight is 458 g/mol. The van der Waals surface area contributed by atoms with Crippen LogP contribution in [0.3, 0.4) is 0 Å². The van der Waals surface area contributed by atoms with Gasteiger partial charge in [0.05, 0.1) is 38.8 Å². The van der Waals surface area contributed by atoms with Crippen LogP contribution >= 0.6 is 22.9 Å². The van der Waals surface area contributed by atoms with Crippen LogP contribution in [0.15, 0.2) is 24.5 Å². The monoisotopic (exact) mass is 457 g/mol. The number of aromatic nitrogens is 3. The van der Waals surface area contributed by atoms with Gasteiger partial charge in [-0.25, -0.2) is 9.97 Å². The number of carbonyl (C=O) groups excluding carboxylic acids is 1. The van der Waals surface area contributed by atoms with E-state index in [4.69, 9.17) is 11.6 Å². The molecular weight excluding hydrogens is 438 g/mol. The molecule has 4 N–H and O–H groups in total. The number of thiophene rings is 1. The smallest absolute Gasteiger partial charge is 0.229 e. The predicted octanol–water partition coefficient (Wildman–Crippen LogP) is 1.62. The lowest BCUT2D eigenvalue weighted by Crippen LogP contribution is -2.41. The molecular formula is C21H20ClN5O3S. The fraction of sp³-hybridized carbons (Fsp3) is 0.381. The van der Waals surface area contributed by atoms with Crippen molar-refractivity contribution in [2.24, 2.45) is 11.3 Å². The van der Waals surface area contributed by atoms with Crippen LogP contribution < -0.4 is 10.6 Å². The zero-order valence-corrected chi connectivity index (χ0v) is 18.3. The van der Waals surface area contributed by atoms with E-state index in [9.17, 15) is 15.0 Å². The summed E-state index contributed by atoms with van der Waals surface area (Å²) >= 11 is 7.36. The predicted molar refractivity (Wildman–Crippen MR) is 118 cm³/mol. The number of aliphatic hydroxyl groups excluding tert-OH is 2. The molecule has 5 atom stereocenters. The summed E-state index contributed by atoms with van der Waals surface area (Å²) in [6.45, 7) is 0. The summed E-state index contributed by atoms with van der Waals surface area (Å²) in [6.07, 6.45) is -0.132. The number of anilines is 1. The number of carbonyl (C=O) groups is 1. The summed E-state index contributed by atoms with van der Waals surface area (Å²) in [5.74, 6) is 5.68. The van der Waals surface area contributed by atoms with Gasteiger partial charge in [-0.05, 0) is 36.5 Å². The highest BCUT2D eigenvalue weighted by atomic mass is 35.5. The first-order valence-electron chi connectivity index (χ1n) is 9.81. The lowest BCUT2D eigenvalue weighted by molar-refractivity contribution is -0.132. The fourth-order valence-electron chi connectivity index (χ4n) is 4.77. The standard InChI is InChI=1S/C21H20ClN5O3S/c1-23-13-7-10(3-4-11-5-6-14(22)31-11)26-19-15(13)25-9-27(19)16-12-8-21(12,20(30)24-2)18(29)17(16)28/h5-7,9,12,16-18,28-29H,8H2,1-2H3,(H,23,26)(H,24,30)/t12-,16-,17+,18+,21?/m1/s1. The Hall–Kier alpha value is -2.64. The number of nitrogens with one attached hydrogen (secondary N) is 2. The Morgan fingerprint density at radius 2 is 2.16 bits per heavy atom. The Morgan fingerprint density at radius 1 is 1.35 bits per heavy atom. The third-order valence-corrected chi connectivity index (χ3v) is 7.48. The Morgan fingerprint density at radius 3 is 2.84 bits per heavy atom. The van der Waals surface area contributed by atoms with Crippen molar-refractivity contribution < 1.29 is 15.0 Å². The fourth-order valence-corrected chi connectivity index (χ4v) is 5.67.